The van der Waals surface area contributed by atoms with Crippen LogP contribution in [0.4, 0.5) is 0 Å². The van der Waals surface area contributed by atoms with Crippen molar-refractivity contribution in [3.8, 4) is 5.75 Å². The predicted molar refractivity (Wildman–Crippen MR) is 105 cm³/mol. The molecular weight excluding hydrogens is 403 g/mol. The molecule has 0 atom stereocenters. The van der Waals surface area contributed by atoms with Crippen LogP contribution in [0.15, 0.2) is 53.7 Å². The van der Waals surface area contributed by atoms with E-state index in [-0.39, 0.29) is 24.0 Å². The topological polar surface area (TPSA) is 72.5 Å². The van der Waals surface area contributed by atoms with Gasteiger partial charge in [0.25, 0.3) is 0 Å². The minimum absolute atomic E-state index is 0. The van der Waals surface area contributed by atoms with Crippen molar-refractivity contribution in [3.05, 3.63) is 59.9 Å². The van der Waals surface area contributed by atoms with Gasteiger partial charge in [0, 0.05) is 24.9 Å². The van der Waals surface area contributed by atoms with Gasteiger partial charge in [-0.2, -0.15) is 0 Å². The maximum absolute atomic E-state index is 5.81. The van der Waals surface area contributed by atoms with Crippen LogP contribution in [0.2, 0.25) is 0 Å². The Kier molecular flexibility index (Phi) is 9.04. The molecule has 1 aromatic heterocycles. The van der Waals surface area contributed by atoms with Gasteiger partial charge in [0.15, 0.2) is 5.96 Å². The Morgan fingerprint density at radius 3 is 2.74 bits per heavy atom. The highest BCUT2D eigenvalue weighted by atomic mass is 127. The number of nitrogens with two attached hydrogens (primary N) is 1. The molecule has 0 aliphatic rings. The van der Waals surface area contributed by atoms with E-state index in [1.165, 1.54) is 0 Å². The molecule has 0 unspecified atom stereocenters. The number of aryl methyl sites for hydroxylation is 1. The molecule has 0 fully saturated rings. The smallest absolute Gasteiger partial charge is 0.188 e. The third-order valence-corrected chi connectivity index (χ3v) is 3.14. The molecule has 0 radical (unpaired) electrons. The first-order valence-corrected chi connectivity index (χ1v) is 7.38. The van der Waals surface area contributed by atoms with Crippen molar-refractivity contribution in [3.63, 3.8) is 0 Å². The van der Waals surface area contributed by atoms with Gasteiger partial charge in [0.05, 0.1) is 6.54 Å². The van der Waals surface area contributed by atoms with Crippen LogP contribution >= 0.6 is 24.0 Å². The van der Waals surface area contributed by atoms with Gasteiger partial charge in [-0.1, -0.05) is 24.3 Å². The monoisotopic (exact) mass is 426 g/mol. The normalized spacial score (nSPS) is 10.7. The van der Waals surface area contributed by atoms with Crippen LogP contribution in [-0.2, 0) is 6.42 Å². The lowest BCUT2D eigenvalue weighted by Crippen LogP contribution is -2.35. The number of benzene rings is 1. The number of para-hydroxylation sites is 1. The van der Waals surface area contributed by atoms with E-state index in [2.05, 4.69) is 15.3 Å². The van der Waals surface area contributed by atoms with E-state index in [1.54, 1.807) is 6.20 Å². The molecular formula is C17H23IN4O. The summed E-state index contributed by atoms with van der Waals surface area (Å²) in [5.41, 5.74) is 7.95. The van der Waals surface area contributed by atoms with E-state index in [0.717, 1.165) is 23.4 Å². The Labute approximate surface area is 154 Å². The quantitative estimate of drug-likeness (QED) is 0.309. The zero-order valence-electron chi connectivity index (χ0n) is 13.2. The first kappa shape index (κ1) is 19.2. The van der Waals surface area contributed by atoms with Crippen molar-refractivity contribution >= 4 is 29.9 Å². The predicted octanol–water partition coefficient (Wildman–Crippen LogP) is 2.53. The van der Waals surface area contributed by atoms with Gasteiger partial charge >= 0.3 is 0 Å². The molecule has 2 rings (SSSR count). The standard InChI is InChI=1S/C17H22N4O.HI/c1-14-6-2-3-8-16(14)22-13-12-21-17(18)20-11-9-15-7-4-5-10-19-15;/h2-8,10H,9,11-13H2,1H3,(H3,18,20,21);1H. The van der Waals surface area contributed by atoms with Crippen molar-refractivity contribution in [2.24, 2.45) is 10.7 Å². The lowest BCUT2D eigenvalue weighted by atomic mass is 10.2. The van der Waals surface area contributed by atoms with Crippen LogP contribution in [-0.4, -0.2) is 30.6 Å². The van der Waals surface area contributed by atoms with Crippen LogP contribution in [0.3, 0.4) is 0 Å². The van der Waals surface area contributed by atoms with Gasteiger partial charge in [0.2, 0.25) is 0 Å². The van der Waals surface area contributed by atoms with E-state index in [4.69, 9.17) is 10.5 Å². The summed E-state index contributed by atoms with van der Waals surface area (Å²) in [6.45, 7) is 3.80. The molecule has 3 N–H and O–H groups in total. The Balaban J connectivity index is 0.00000264. The number of halogens is 1. The number of hydrogen-bond donors (Lipinski definition) is 2. The first-order chi connectivity index (χ1) is 10.8. The fourth-order valence-electron chi connectivity index (χ4n) is 1.95. The number of aromatic nitrogens is 1. The molecule has 0 amide bonds. The molecule has 0 bridgehead atoms. The SMILES string of the molecule is Cc1ccccc1OCCNC(N)=NCCc1ccccn1.I. The van der Waals surface area contributed by atoms with Crippen LogP contribution < -0.4 is 15.8 Å². The van der Waals surface area contributed by atoms with Gasteiger partial charge in [-0.25, -0.2) is 0 Å². The molecule has 0 spiro atoms. The molecule has 124 valence electrons. The van der Waals surface area contributed by atoms with Crippen molar-refractivity contribution in [2.75, 3.05) is 19.7 Å². The zero-order chi connectivity index (χ0) is 15.6. The van der Waals surface area contributed by atoms with E-state index >= 15 is 0 Å². The molecule has 6 heteroatoms. The average molecular weight is 426 g/mol. The molecule has 0 saturated carbocycles. The number of hydrogen-bond acceptors (Lipinski definition) is 3. The maximum atomic E-state index is 5.81. The number of nitrogens with zero attached hydrogens (tertiary/aromatic N) is 2. The van der Waals surface area contributed by atoms with Gasteiger partial charge < -0.3 is 15.8 Å². The molecule has 23 heavy (non-hydrogen) atoms. The third kappa shape index (κ3) is 7.32. The molecule has 0 aliphatic carbocycles. The molecule has 1 heterocycles. The summed E-state index contributed by atoms with van der Waals surface area (Å²) in [5.74, 6) is 1.33. The minimum Gasteiger partial charge on any atom is -0.491 e. The highest BCUT2D eigenvalue weighted by Gasteiger charge is 1.98. The Hall–Kier alpha value is -1.83. The highest BCUT2D eigenvalue weighted by molar-refractivity contribution is 14.0. The summed E-state index contributed by atoms with van der Waals surface area (Å²) in [4.78, 5) is 8.51. The summed E-state index contributed by atoms with van der Waals surface area (Å²) in [6.07, 6.45) is 2.56. The molecule has 0 saturated heterocycles. The summed E-state index contributed by atoms with van der Waals surface area (Å²) < 4.78 is 5.68. The second-order valence-corrected chi connectivity index (χ2v) is 4.88. The number of guanidine groups is 1. The first-order valence-electron chi connectivity index (χ1n) is 7.38. The second-order valence-electron chi connectivity index (χ2n) is 4.88. The largest absolute Gasteiger partial charge is 0.491 e. The van der Waals surface area contributed by atoms with Crippen molar-refractivity contribution in [1.29, 1.82) is 0 Å². The van der Waals surface area contributed by atoms with Crippen molar-refractivity contribution < 1.29 is 4.74 Å². The Morgan fingerprint density at radius 2 is 2.00 bits per heavy atom. The van der Waals surface area contributed by atoms with E-state index in [9.17, 15) is 0 Å². The Bertz CT molecular complexity index is 605. The van der Waals surface area contributed by atoms with Crippen LogP contribution in [0, 0.1) is 6.92 Å². The Morgan fingerprint density at radius 1 is 1.22 bits per heavy atom. The molecule has 1 aromatic carbocycles. The van der Waals surface area contributed by atoms with E-state index < -0.39 is 0 Å². The van der Waals surface area contributed by atoms with Crippen molar-refractivity contribution in [2.45, 2.75) is 13.3 Å². The molecule has 0 aliphatic heterocycles. The average Bonchev–Trinajstić information content (AvgIpc) is 2.54. The summed E-state index contributed by atoms with van der Waals surface area (Å²) >= 11 is 0. The fraction of sp³-hybridized carbons (Fsp3) is 0.294. The van der Waals surface area contributed by atoms with Gasteiger partial charge in [-0.05, 0) is 30.7 Å². The zero-order valence-corrected chi connectivity index (χ0v) is 15.6. The number of pyridine rings is 1. The van der Waals surface area contributed by atoms with Crippen LogP contribution in [0.1, 0.15) is 11.3 Å². The van der Waals surface area contributed by atoms with Crippen LogP contribution in [0.5, 0.6) is 5.75 Å². The second kappa shape index (κ2) is 10.8. The van der Waals surface area contributed by atoms with Gasteiger partial charge in [-0.3, -0.25) is 9.98 Å². The summed E-state index contributed by atoms with van der Waals surface area (Å²) in [7, 11) is 0. The highest BCUT2D eigenvalue weighted by Crippen LogP contribution is 2.15. The number of nitrogens with one attached hydrogen (secondary N) is 1. The third-order valence-electron chi connectivity index (χ3n) is 3.14. The van der Waals surface area contributed by atoms with Gasteiger partial charge in [0.1, 0.15) is 12.4 Å². The summed E-state index contributed by atoms with van der Waals surface area (Å²) in [5, 5.41) is 3.04. The summed E-state index contributed by atoms with van der Waals surface area (Å²) in [6, 6.07) is 13.8. The van der Waals surface area contributed by atoms with Crippen molar-refractivity contribution in [1.82, 2.24) is 10.3 Å². The maximum Gasteiger partial charge on any atom is 0.188 e. The number of ether oxygens (including phenoxy) is 1. The number of rotatable bonds is 7. The molecule has 5 nitrogen and oxygen atoms in total. The van der Waals surface area contributed by atoms with E-state index in [0.29, 0.717) is 25.7 Å². The minimum atomic E-state index is 0. The fourth-order valence-corrected chi connectivity index (χ4v) is 1.95. The lowest BCUT2D eigenvalue weighted by Gasteiger charge is -2.10. The lowest BCUT2D eigenvalue weighted by molar-refractivity contribution is 0.320. The number of aliphatic imine (C=N–C) groups is 1. The molecule has 2 aromatic rings. The van der Waals surface area contributed by atoms with Crippen LogP contribution in [0.25, 0.3) is 0 Å². The van der Waals surface area contributed by atoms with E-state index in [1.807, 2.05) is 49.4 Å². The van der Waals surface area contributed by atoms with Gasteiger partial charge in [-0.15, -0.1) is 24.0 Å².